The molecule has 0 spiro atoms. The smallest absolute Gasteiger partial charge is 0.395 e. The number of hydrogen-bond donors (Lipinski definition) is 2. The van der Waals surface area contributed by atoms with E-state index < -0.39 is 22.0 Å². The number of aromatic amines is 1. The number of halogens is 1. The van der Waals surface area contributed by atoms with Gasteiger partial charge in [-0.05, 0) is 24.3 Å². The molecular weight excluding hydrogens is 391 g/mol. The Labute approximate surface area is 168 Å². The third kappa shape index (κ3) is 3.55. The number of hydrogen-bond acceptors (Lipinski definition) is 5. The maximum atomic E-state index is 14.1. The van der Waals surface area contributed by atoms with Gasteiger partial charge in [-0.1, -0.05) is 36.4 Å². The lowest BCUT2D eigenvalue weighted by Gasteiger charge is -2.06. The quantitative estimate of drug-likeness (QED) is 0.387. The molecule has 0 saturated carbocycles. The highest BCUT2D eigenvalue weighted by molar-refractivity contribution is 5.91. The van der Waals surface area contributed by atoms with Gasteiger partial charge in [0.25, 0.3) is 5.88 Å². The fourth-order valence-corrected chi connectivity index (χ4v) is 3.23. The molecule has 0 aliphatic carbocycles. The number of aromatic nitrogens is 3. The van der Waals surface area contributed by atoms with E-state index in [0.29, 0.717) is 12.1 Å². The van der Waals surface area contributed by atoms with Crippen LogP contribution in [0.5, 0.6) is 5.88 Å². The van der Waals surface area contributed by atoms with Crippen LogP contribution >= 0.6 is 0 Å². The van der Waals surface area contributed by atoms with Gasteiger partial charge in [0.2, 0.25) is 0 Å². The van der Waals surface area contributed by atoms with Crippen LogP contribution in [0.1, 0.15) is 17.0 Å². The Hall–Kier alpha value is -4.27. The molecule has 0 radical (unpaired) electrons. The molecule has 9 heteroatoms. The summed E-state index contributed by atoms with van der Waals surface area (Å²) in [6.07, 6.45) is 4.92. The molecule has 0 aliphatic rings. The molecule has 0 bridgehead atoms. The first-order chi connectivity index (χ1) is 14.4. The molecule has 150 valence electrons. The summed E-state index contributed by atoms with van der Waals surface area (Å²) in [7, 11) is 0. The van der Waals surface area contributed by atoms with Crippen LogP contribution in [0.25, 0.3) is 23.1 Å². The van der Waals surface area contributed by atoms with Crippen LogP contribution in [0.15, 0.2) is 59.5 Å². The topological polar surface area (TPSA) is 114 Å². The first kappa shape index (κ1) is 19.1. The fourth-order valence-electron chi connectivity index (χ4n) is 3.23. The Morgan fingerprint density at radius 1 is 1.17 bits per heavy atom. The van der Waals surface area contributed by atoms with Crippen molar-refractivity contribution in [1.82, 2.24) is 14.5 Å². The molecule has 2 aromatic carbocycles. The largest absolute Gasteiger partial charge is 0.488 e. The summed E-state index contributed by atoms with van der Waals surface area (Å²) >= 11 is 0. The molecule has 0 aliphatic heterocycles. The molecule has 2 heterocycles. The summed E-state index contributed by atoms with van der Waals surface area (Å²) < 4.78 is 16.0. The van der Waals surface area contributed by atoms with E-state index in [-0.39, 0.29) is 11.6 Å². The second-order valence-electron chi connectivity index (χ2n) is 6.53. The maximum Gasteiger partial charge on any atom is 0.395 e. The van der Waals surface area contributed by atoms with E-state index in [1.165, 1.54) is 12.1 Å². The molecule has 0 amide bonds. The van der Waals surface area contributed by atoms with Gasteiger partial charge in [-0.25, -0.2) is 4.39 Å². The number of para-hydroxylation sites is 1. The van der Waals surface area contributed by atoms with Crippen LogP contribution < -0.4 is 5.56 Å². The van der Waals surface area contributed by atoms with Gasteiger partial charge in [0, 0.05) is 28.2 Å². The number of fused-ring (bicyclic) bond motifs is 1. The van der Waals surface area contributed by atoms with Crippen LogP contribution in [0.3, 0.4) is 0 Å². The summed E-state index contributed by atoms with van der Waals surface area (Å²) in [4.78, 5) is 27.5. The summed E-state index contributed by atoms with van der Waals surface area (Å²) in [5.74, 6) is -1.28. The van der Waals surface area contributed by atoms with Crippen molar-refractivity contribution in [2.45, 2.75) is 6.54 Å². The van der Waals surface area contributed by atoms with Crippen LogP contribution in [0.4, 0.5) is 10.1 Å². The number of nitrogens with one attached hydrogen (secondary N) is 1. The summed E-state index contributed by atoms with van der Waals surface area (Å²) in [5.41, 5.74) is 0.138. The van der Waals surface area contributed by atoms with E-state index >= 15 is 0 Å². The summed E-state index contributed by atoms with van der Waals surface area (Å²) in [6.45, 7) is 0.328. The van der Waals surface area contributed by atoms with E-state index in [4.69, 9.17) is 0 Å². The van der Waals surface area contributed by atoms with Crippen LogP contribution in [-0.4, -0.2) is 24.6 Å². The number of rotatable bonds is 5. The van der Waals surface area contributed by atoms with Crippen molar-refractivity contribution in [1.29, 1.82) is 0 Å². The SMILES string of the molecule is O=c1[nH]c(/C=C/c2cn(Cc3ccccc3F)c3ccccc23)nc(O)c1[N+](=O)[O-]. The highest BCUT2D eigenvalue weighted by atomic mass is 19.1. The van der Waals surface area contributed by atoms with Gasteiger partial charge in [-0.3, -0.25) is 14.9 Å². The van der Waals surface area contributed by atoms with Crippen molar-refractivity contribution in [2.24, 2.45) is 0 Å². The van der Waals surface area contributed by atoms with Crippen molar-refractivity contribution >= 4 is 28.7 Å². The minimum atomic E-state index is -1.05. The van der Waals surface area contributed by atoms with Crippen LogP contribution in [0, 0.1) is 15.9 Å². The third-order valence-corrected chi connectivity index (χ3v) is 4.62. The van der Waals surface area contributed by atoms with Gasteiger partial charge < -0.3 is 14.7 Å². The van der Waals surface area contributed by atoms with Crippen molar-refractivity contribution in [3.63, 3.8) is 0 Å². The van der Waals surface area contributed by atoms with Crippen LogP contribution in [-0.2, 0) is 6.54 Å². The molecule has 8 nitrogen and oxygen atoms in total. The van der Waals surface area contributed by atoms with Crippen molar-refractivity contribution in [3.05, 3.63) is 98.0 Å². The second-order valence-corrected chi connectivity index (χ2v) is 6.53. The highest BCUT2D eigenvalue weighted by Gasteiger charge is 2.21. The molecule has 0 unspecified atom stereocenters. The number of nitro groups is 1. The predicted octanol–water partition coefficient (Wildman–Crippen LogP) is 3.70. The van der Waals surface area contributed by atoms with Crippen molar-refractivity contribution in [2.75, 3.05) is 0 Å². The van der Waals surface area contributed by atoms with Crippen LogP contribution in [0.2, 0.25) is 0 Å². The molecule has 4 rings (SSSR count). The van der Waals surface area contributed by atoms with E-state index in [0.717, 1.165) is 16.5 Å². The zero-order valence-corrected chi connectivity index (χ0v) is 15.4. The Bertz CT molecular complexity index is 1360. The number of nitrogens with zero attached hydrogens (tertiary/aromatic N) is 3. The maximum absolute atomic E-state index is 14.1. The summed E-state index contributed by atoms with van der Waals surface area (Å²) in [6, 6.07) is 14.1. The van der Waals surface area contributed by atoms with E-state index in [1.54, 1.807) is 24.3 Å². The van der Waals surface area contributed by atoms with Gasteiger partial charge in [0.05, 0.1) is 11.5 Å². The molecule has 30 heavy (non-hydrogen) atoms. The first-order valence-corrected chi connectivity index (χ1v) is 8.91. The van der Waals surface area contributed by atoms with Gasteiger partial charge in [0.1, 0.15) is 11.6 Å². The molecule has 2 aromatic heterocycles. The van der Waals surface area contributed by atoms with Gasteiger partial charge in [-0.2, -0.15) is 4.98 Å². The Morgan fingerprint density at radius 3 is 2.63 bits per heavy atom. The molecule has 0 saturated heterocycles. The predicted molar refractivity (Wildman–Crippen MR) is 110 cm³/mol. The van der Waals surface area contributed by atoms with Gasteiger partial charge in [0.15, 0.2) is 0 Å². The molecule has 2 N–H and O–H groups in total. The lowest BCUT2D eigenvalue weighted by molar-refractivity contribution is -0.387. The van der Waals surface area contributed by atoms with Crippen molar-refractivity contribution < 1.29 is 14.4 Å². The zero-order valence-electron chi connectivity index (χ0n) is 15.4. The Balaban J connectivity index is 1.73. The Kier molecular flexibility index (Phi) is 4.85. The average Bonchev–Trinajstić information content (AvgIpc) is 3.05. The molecule has 0 fully saturated rings. The lowest BCUT2D eigenvalue weighted by atomic mass is 10.1. The molecular formula is C21H15FN4O4. The van der Waals surface area contributed by atoms with E-state index in [2.05, 4.69) is 9.97 Å². The second kappa shape index (κ2) is 7.63. The first-order valence-electron chi connectivity index (χ1n) is 8.91. The molecule has 0 atom stereocenters. The van der Waals surface area contributed by atoms with E-state index in [1.807, 2.05) is 35.0 Å². The number of benzene rings is 2. The zero-order chi connectivity index (χ0) is 21.3. The highest BCUT2D eigenvalue weighted by Crippen LogP contribution is 2.25. The lowest BCUT2D eigenvalue weighted by Crippen LogP contribution is -2.14. The van der Waals surface area contributed by atoms with Gasteiger partial charge in [-0.15, -0.1) is 0 Å². The minimum absolute atomic E-state index is 0.0333. The minimum Gasteiger partial charge on any atom is -0.488 e. The number of aromatic hydroxyl groups is 1. The summed E-state index contributed by atoms with van der Waals surface area (Å²) in [5, 5.41) is 21.3. The third-order valence-electron chi connectivity index (χ3n) is 4.62. The Morgan fingerprint density at radius 2 is 1.90 bits per heavy atom. The monoisotopic (exact) mass is 406 g/mol. The average molecular weight is 406 g/mol. The van der Waals surface area contributed by atoms with Gasteiger partial charge >= 0.3 is 11.2 Å². The van der Waals surface area contributed by atoms with E-state index in [9.17, 15) is 24.4 Å². The van der Waals surface area contributed by atoms with Crippen molar-refractivity contribution in [3.8, 4) is 5.88 Å². The fraction of sp³-hybridized carbons (Fsp3) is 0.0476. The standard InChI is InChI=1S/C21H15FN4O4/c22-16-7-3-1-5-14(16)12-25-11-13(15-6-2-4-8-17(15)25)9-10-18-23-20(27)19(26(29)30)21(28)24-18/h1-11H,12H2,(H2,23,24,27,28)/b10-9+. The number of H-pyrrole nitrogens is 1. The molecule has 4 aromatic rings. The normalized spacial score (nSPS) is 11.4.